The van der Waals surface area contributed by atoms with E-state index in [1.807, 2.05) is 22.7 Å². The van der Waals surface area contributed by atoms with Crippen molar-refractivity contribution in [3.05, 3.63) is 43.8 Å². The van der Waals surface area contributed by atoms with Crippen LogP contribution >= 0.6 is 22.7 Å². The Labute approximate surface area is 118 Å². The lowest BCUT2D eigenvalue weighted by Gasteiger charge is -2.16. The van der Waals surface area contributed by atoms with Crippen molar-refractivity contribution in [1.29, 1.82) is 0 Å². The first-order valence-corrected chi connectivity index (χ1v) is 8.29. The van der Waals surface area contributed by atoms with Gasteiger partial charge >= 0.3 is 0 Å². The SMILES string of the molecule is CCNC(Cc1ccc(CC)s1)c1sccc1C. The maximum absolute atomic E-state index is 3.62. The molecule has 0 aromatic carbocycles. The van der Waals surface area contributed by atoms with Crippen molar-refractivity contribution in [3.8, 4) is 0 Å². The second-order valence-electron chi connectivity index (χ2n) is 4.50. The van der Waals surface area contributed by atoms with Gasteiger partial charge in [0, 0.05) is 27.1 Å². The predicted octanol–water partition coefficient (Wildman–Crippen LogP) is 4.57. The van der Waals surface area contributed by atoms with Crippen LogP contribution in [0.25, 0.3) is 0 Å². The number of nitrogens with one attached hydrogen (secondary N) is 1. The Hall–Kier alpha value is -0.640. The number of likely N-dealkylation sites (N-methyl/N-ethyl adjacent to an activating group) is 1. The van der Waals surface area contributed by atoms with E-state index < -0.39 is 0 Å². The van der Waals surface area contributed by atoms with Gasteiger partial charge in [-0.1, -0.05) is 13.8 Å². The fourth-order valence-electron chi connectivity index (χ4n) is 2.17. The highest BCUT2D eigenvalue weighted by atomic mass is 32.1. The molecule has 0 bridgehead atoms. The number of aryl methyl sites for hydroxylation is 2. The minimum atomic E-state index is 0.471. The van der Waals surface area contributed by atoms with Crippen molar-refractivity contribution in [1.82, 2.24) is 5.32 Å². The van der Waals surface area contributed by atoms with Crippen LogP contribution in [0.15, 0.2) is 23.6 Å². The van der Waals surface area contributed by atoms with Crippen LogP contribution in [-0.2, 0) is 12.8 Å². The molecule has 0 aliphatic rings. The molecule has 1 nitrogen and oxygen atoms in total. The van der Waals surface area contributed by atoms with E-state index in [9.17, 15) is 0 Å². The summed E-state index contributed by atoms with van der Waals surface area (Å²) in [5.74, 6) is 0. The smallest absolute Gasteiger partial charge is 0.0466 e. The average molecular weight is 279 g/mol. The van der Waals surface area contributed by atoms with Crippen LogP contribution in [0.5, 0.6) is 0 Å². The standard InChI is InChI=1S/C15H21NS2/c1-4-12-6-7-13(18-12)10-14(16-5-2)15-11(3)8-9-17-15/h6-9,14,16H,4-5,10H2,1-3H3. The molecule has 1 atom stereocenters. The molecule has 2 aromatic rings. The van der Waals surface area contributed by atoms with E-state index in [0.717, 1.165) is 19.4 Å². The fourth-order valence-corrected chi connectivity index (χ4v) is 4.18. The Kier molecular flexibility index (Phi) is 4.98. The summed E-state index contributed by atoms with van der Waals surface area (Å²) >= 11 is 3.83. The van der Waals surface area contributed by atoms with Crippen LogP contribution < -0.4 is 5.32 Å². The van der Waals surface area contributed by atoms with Crippen LogP contribution in [0, 0.1) is 6.92 Å². The summed E-state index contributed by atoms with van der Waals surface area (Å²) in [6.07, 6.45) is 2.26. The van der Waals surface area contributed by atoms with Gasteiger partial charge in [-0.3, -0.25) is 0 Å². The summed E-state index contributed by atoms with van der Waals surface area (Å²) < 4.78 is 0. The minimum Gasteiger partial charge on any atom is -0.309 e. The minimum absolute atomic E-state index is 0.471. The average Bonchev–Trinajstić information content (AvgIpc) is 2.97. The molecular weight excluding hydrogens is 258 g/mol. The molecule has 0 amide bonds. The summed E-state index contributed by atoms with van der Waals surface area (Å²) in [5, 5.41) is 5.81. The Morgan fingerprint density at radius 1 is 1.17 bits per heavy atom. The van der Waals surface area contributed by atoms with Crippen LogP contribution in [0.3, 0.4) is 0 Å². The van der Waals surface area contributed by atoms with Crippen molar-refractivity contribution >= 4 is 22.7 Å². The molecule has 0 aliphatic heterocycles. The van der Waals surface area contributed by atoms with Gasteiger partial charge in [0.25, 0.3) is 0 Å². The van der Waals surface area contributed by atoms with Gasteiger partial charge in [0.2, 0.25) is 0 Å². The molecule has 3 heteroatoms. The maximum atomic E-state index is 3.62. The van der Waals surface area contributed by atoms with Gasteiger partial charge in [0.15, 0.2) is 0 Å². The van der Waals surface area contributed by atoms with Gasteiger partial charge in [-0.05, 0) is 49.0 Å². The monoisotopic (exact) mass is 279 g/mol. The molecule has 0 saturated heterocycles. The summed E-state index contributed by atoms with van der Waals surface area (Å²) in [4.78, 5) is 4.47. The zero-order valence-electron chi connectivity index (χ0n) is 11.3. The molecule has 0 saturated carbocycles. The first-order valence-electron chi connectivity index (χ1n) is 6.59. The summed E-state index contributed by atoms with van der Waals surface area (Å²) in [6, 6.07) is 7.25. The number of rotatable bonds is 6. The molecule has 1 N–H and O–H groups in total. The molecule has 2 rings (SSSR count). The van der Waals surface area contributed by atoms with E-state index in [-0.39, 0.29) is 0 Å². The third-order valence-corrected chi connectivity index (χ3v) is 5.52. The first-order chi connectivity index (χ1) is 8.74. The number of thiophene rings is 2. The van der Waals surface area contributed by atoms with Gasteiger partial charge in [-0.25, -0.2) is 0 Å². The van der Waals surface area contributed by atoms with Crippen LogP contribution in [-0.4, -0.2) is 6.54 Å². The topological polar surface area (TPSA) is 12.0 Å². The highest BCUT2D eigenvalue weighted by Gasteiger charge is 2.15. The Balaban J connectivity index is 2.13. The molecular formula is C15H21NS2. The lowest BCUT2D eigenvalue weighted by Crippen LogP contribution is -2.22. The van der Waals surface area contributed by atoms with E-state index in [4.69, 9.17) is 0 Å². The Morgan fingerprint density at radius 2 is 1.94 bits per heavy atom. The zero-order valence-corrected chi connectivity index (χ0v) is 13.0. The molecule has 2 heterocycles. The highest BCUT2D eigenvalue weighted by Crippen LogP contribution is 2.29. The van der Waals surface area contributed by atoms with Crippen LogP contribution in [0.2, 0.25) is 0 Å². The normalized spacial score (nSPS) is 12.8. The lowest BCUT2D eigenvalue weighted by molar-refractivity contribution is 0.559. The second kappa shape index (κ2) is 6.50. The molecule has 2 aromatic heterocycles. The van der Waals surface area contributed by atoms with Gasteiger partial charge in [0.05, 0.1) is 0 Å². The van der Waals surface area contributed by atoms with Crippen molar-refractivity contribution < 1.29 is 0 Å². The largest absolute Gasteiger partial charge is 0.309 e. The molecule has 0 fully saturated rings. The van der Waals surface area contributed by atoms with Crippen molar-refractivity contribution in [2.45, 2.75) is 39.7 Å². The lowest BCUT2D eigenvalue weighted by atomic mass is 10.1. The quantitative estimate of drug-likeness (QED) is 0.816. The van der Waals surface area contributed by atoms with E-state index >= 15 is 0 Å². The maximum Gasteiger partial charge on any atom is 0.0466 e. The zero-order chi connectivity index (χ0) is 13.0. The molecule has 0 spiro atoms. The summed E-state index contributed by atoms with van der Waals surface area (Å²) in [5.41, 5.74) is 1.42. The molecule has 18 heavy (non-hydrogen) atoms. The summed E-state index contributed by atoms with van der Waals surface area (Å²) in [7, 11) is 0. The van der Waals surface area contributed by atoms with Gasteiger partial charge in [-0.2, -0.15) is 0 Å². The fraction of sp³-hybridized carbons (Fsp3) is 0.467. The van der Waals surface area contributed by atoms with Crippen molar-refractivity contribution in [3.63, 3.8) is 0 Å². The number of hydrogen-bond acceptors (Lipinski definition) is 3. The van der Waals surface area contributed by atoms with E-state index in [2.05, 4.69) is 49.7 Å². The van der Waals surface area contributed by atoms with E-state index in [1.54, 1.807) is 0 Å². The van der Waals surface area contributed by atoms with Crippen LogP contribution in [0.1, 0.15) is 40.1 Å². The van der Waals surface area contributed by atoms with Crippen molar-refractivity contribution in [2.75, 3.05) is 6.54 Å². The Morgan fingerprint density at radius 3 is 2.50 bits per heavy atom. The van der Waals surface area contributed by atoms with E-state index in [1.165, 1.54) is 20.2 Å². The van der Waals surface area contributed by atoms with Gasteiger partial charge < -0.3 is 5.32 Å². The van der Waals surface area contributed by atoms with Crippen molar-refractivity contribution in [2.24, 2.45) is 0 Å². The first kappa shape index (κ1) is 13.8. The molecule has 98 valence electrons. The summed E-state index contributed by atoms with van der Waals surface area (Å²) in [6.45, 7) is 7.64. The third kappa shape index (κ3) is 3.22. The molecule has 0 aliphatic carbocycles. The molecule has 1 unspecified atom stereocenters. The third-order valence-electron chi connectivity index (χ3n) is 3.14. The number of hydrogen-bond donors (Lipinski definition) is 1. The predicted molar refractivity (Wildman–Crippen MR) is 82.9 cm³/mol. The van der Waals surface area contributed by atoms with Gasteiger partial charge in [-0.15, -0.1) is 22.7 Å². The second-order valence-corrected chi connectivity index (χ2v) is 6.70. The highest BCUT2D eigenvalue weighted by molar-refractivity contribution is 7.12. The van der Waals surface area contributed by atoms with Crippen LogP contribution in [0.4, 0.5) is 0 Å². The molecule has 0 radical (unpaired) electrons. The Bertz CT molecular complexity index is 484. The van der Waals surface area contributed by atoms with Gasteiger partial charge in [0.1, 0.15) is 0 Å². The van der Waals surface area contributed by atoms with E-state index in [0.29, 0.717) is 6.04 Å².